The van der Waals surface area contributed by atoms with Crippen LogP contribution in [0, 0.1) is 12.7 Å². The summed E-state index contributed by atoms with van der Waals surface area (Å²) in [6.07, 6.45) is 8.78. The van der Waals surface area contributed by atoms with Crippen LogP contribution in [0.4, 0.5) is 4.39 Å². The number of benzene rings is 1. The molecule has 1 atom stereocenters. The second-order valence-corrected chi connectivity index (χ2v) is 6.87. The maximum atomic E-state index is 13.3. The van der Waals surface area contributed by atoms with E-state index in [1.54, 1.807) is 25.4 Å². The number of carbonyl (C=O) groups is 1. The van der Waals surface area contributed by atoms with Gasteiger partial charge in [0.1, 0.15) is 11.9 Å². The summed E-state index contributed by atoms with van der Waals surface area (Å²) in [5.74, 6) is -0.767. The van der Waals surface area contributed by atoms with E-state index in [1.165, 1.54) is 12.1 Å². The predicted molar refractivity (Wildman–Crippen MR) is 112 cm³/mol. The molecule has 0 N–H and O–H groups in total. The van der Waals surface area contributed by atoms with Crippen LogP contribution in [-0.2, 0) is 9.53 Å². The van der Waals surface area contributed by atoms with Gasteiger partial charge in [-0.05, 0) is 48.7 Å². The topological polar surface area (TPSA) is 57.0 Å². The summed E-state index contributed by atoms with van der Waals surface area (Å²) < 4.78 is 20.4. The minimum atomic E-state index is -0.488. The molecule has 1 unspecified atom stereocenters. The van der Waals surface area contributed by atoms with E-state index in [0.29, 0.717) is 18.4 Å². The monoisotopic (exact) mass is 417 g/mol. The standard InChI is InChI=1S/C13H16ClFO2.C9H9N3/c1-3-5-12(17-13(16)4-2)9-6-7-10(14)11(15)8-9;1-8-6-11-12(7-8)9-2-4-10-5-3-9/h6-8,12H,3-5H2,1-2H3;2-7H,1H3. The summed E-state index contributed by atoms with van der Waals surface area (Å²) in [5, 5.41) is 4.25. The lowest BCUT2D eigenvalue weighted by molar-refractivity contribution is -0.149. The number of rotatable bonds is 6. The summed E-state index contributed by atoms with van der Waals surface area (Å²) in [7, 11) is 0. The first-order valence-corrected chi connectivity index (χ1v) is 9.88. The lowest BCUT2D eigenvalue weighted by atomic mass is 10.0. The fourth-order valence-electron chi connectivity index (χ4n) is 2.56. The Morgan fingerprint density at radius 1 is 1.24 bits per heavy atom. The summed E-state index contributed by atoms with van der Waals surface area (Å²) >= 11 is 5.61. The largest absolute Gasteiger partial charge is 0.457 e. The van der Waals surface area contributed by atoms with Crippen molar-refractivity contribution in [3.63, 3.8) is 0 Å². The van der Waals surface area contributed by atoms with Gasteiger partial charge in [-0.25, -0.2) is 9.07 Å². The van der Waals surface area contributed by atoms with Crippen molar-refractivity contribution >= 4 is 17.6 Å². The molecule has 0 saturated heterocycles. The lowest BCUT2D eigenvalue weighted by Gasteiger charge is -2.17. The number of aromatic nitrogens is 3. The molecule has 0 aliphatic heterocycles. The quantitative estimate of drug-likeness (QED) is 0.472. The van der Waals surface area contributed by atoms with Crippen LogP contribution in [0.5, 0.6) is 0 Å². The minimum Gasteiger partial charge on any atom is -0.457 e. The van der Waals surface area contributed by atoms with E-state index in [1.807, 2.05) is 43.1 Å². The molecule has 2 heterocycles. The van der Waals surface area contributed by atoms with Gasteiger partial charge in [0.15, 0.2) is 0 Å². The third-order valence-electron chi connectivity index (χ3n) is 4.07. The van der Waals surface area contributed by atoms with Crippen molar-refractivity contribution in [2.75, 3.05) is 0 Å². The number of hydrogen-bond acceptors (Lipinski definition) is 4. The lowest BCUT2D eigenvalue weighted by Crippen LogP contribution is -2.10. The van der Waals surface area contributed by atoms with Crippen LogP contribution in [0.25, 0.3) is 5.69 Å². The van der Waals surface area contributed by atoms with Gasteiger partial charge >= 0.3 is 5.97 Å². The maximum absolute atomic E-state index is 13.3. The first-order valence-electron chi connectivity index (χ1n) is 9.50. The van der Waals surface area contributed by atoms with Gasteiger partial charge < -0.3 is 4.74 Å². The fourth-order valence-corrected chi connectivity index (χ4v) is 2.68. The van der Waals surface area contributed by atoms with Gasteiger partial charge in [0.05, 0.1) is 16.9 Å². The molecule has 29 heavy (non-hydrogen) atoms. The van der Waals surface area contributed by atoms with E-state index in [2.05, 4.69) is 10.1 Å². The number of nitrogens with zero attached hydrogens (tertiary/aromatic N) is 3. The van der Waals surface area contributed by atoms with Gasteiger partial charge in [-0.1, -0.05) is 37.9 Å². The van der Waals surface area contributed by atoms with Crippen LogP contribution in [0.2, 0.25) is 5.02 Å². The average Bonchev–Trinajstić information content (AvgIpc) is 3.17. The van der Waals surface area contributed by atoms with Crippen LogP contribution < -0.4 is 0 Å². The van der Waals surface area contributed by atoms with Gasteiger partial charge in [-0.2, -0.15) is 5.10 Å². The zero-order valence-corrected chi connectivity index (χ0v) is 17.6. The normalized spacial score (nSPS) is 11.3. The number of hydrogen-bond donors (Lipinski definition) is 0. The molecule has 3 rings (SSSR count). The van der Waals surface area contributed by atoms with Crippen molar-refractivity contribution in [3.05, 3.63) is 77.1 Å². The molecular formula is C22H25ClFN3O2. The molecule has 0 aliphatic carbocycles. The molecule has 1 aromatic carbocycles. The van der Waals surface area contributed by atoms with E-state index in [9.17, 15) is 9.18 Å². The average molecular weight is 418 g/mol. The smallest absolute Gasteiger partial charge is 0.306 e. The van der Waals surface area contributed by atoms with Crippen LogP contribution in [0.15, 0.2) is 55.1 Å². The zero-order valence-electron chi connectivity index (χ0n) is 16.8. The number of aryl methyl sites for hydroxylation is 1. The Morgan fingerprint density at radius 3 is 2.52 bits per heavy atom. The van der Waals surface area contributed by atoms with E-state index >= 15 is 0 Å². The molecule has 0 bridgehead atoms. The number of halogens is 2. The molecule has 154 valence electrons. The molecular weight excluding hydrogens is 393 g/mol. The van der Waals surface area contributed by atoms with Gasteiger partial charge in [-0.15, -0.1) is 0 Å². The molecule has 5 nitrogen and oxygen atoms in total. The summed E-state index contributed by atoms with van der Waals surface area (Å²) in [5.41, 5.74) is 2.85. The van der Waals surface area contributed by atoms with E-state index < -0.39 is 5.82 Å². The van der Waals surface area contributed by atoms with Gasteiger partial charge in [0.25, 0.3) is 0 Å². The highest BCUT2D eigenvalue weighted by molar-refractivity contribution is 6.30. The van der Waals surface area contributed by atoms with Crippen molar-refractivity contribution in [2.45, 2.75) is 46.1 Å². The van der Waals surface area contributed by atoms with Gasteiger partial charge in [0, 0.05) is 25.0 Å². The Labute approximate surface area is 175 Å². The van der Waals surface area contributed by atoms with Crippen molar-refractivity contribution in [2.24, 2.45) is 0 Å². The van der Waals surface area contributed by atoms with Crippen molar-refractivity contribution < 1.29 is 13.9 Å². The summed E-state index contributed by atoms with van der Waals surface area (Å²) in [6, 6.07) is 8.34. The van der Waals surface area contributed by atoms with E-state index in [0.717, 1.165) is 17.7 Å². The highest BCUT2D eigenvalue weighted by Crippen LogP contribution is 2.26. The van der Waals surface area contributed by atoms with Crippen LogP contribution in [0.1, 0.15) is 50.3 Å². The highest BCUT2D eigenvalue weighted by Gasteiger charge is 2.16. The maximum Gasteiger partial charge on any atom is 0.306 e. The van der Waals surface area contributed by atoms with Crippen LogP contribution in [-0.4, -0.2) is 20.7 Å². The Kier molecular flexibility index (Phi) is 8.80. The first-order chi connectivity index (χ1) is 13.9. The highest BCUT2D eigenvalue weighted by atomic mass is 35.5. The van der Waals surface area contributed by atoms with E-state index in [4.69, 9.17) is 16.3 Å². The summed E-state index contributed by atoms with van der Waals surface area (Å²) in [6.45, 7) is 5.73. The van der Waals surface area contributed by atoms with Crippen molar-refractivity contribution in [1.29, 1.82) is 0 Å². The number of esters is 1. The number of pyridine rings is 1. The van der Waals surface area contributed by atoms with Crippen molar-refractivity contribution in [3.8, 4) is 5.69 Å². The number of carbonyl (C=O) groups excluding carboxylic acids is 1. The number of ether oxygens (including phenoxy) is 1. The van der Waals surface area contributed by atoms with Crippen LogP contribution >= 0.6 is 11.6 Å². The Bertz CT molecular complexity index is 915. The molecule has 0 saturated carbocycles. The van der Waals surface area contributed by atoms with E-state index in [-0.39, 0.29) is 17.1 Å². The molecule has 7 heteroatoms. The molecule has 0 amide bonds. The molecule has 0 aliphatic rings. The Balaban J connectivity index is 0.000000218. The zero-order chi connectivity index (χ0) is 21.2. The molecule has 3 aromatic rings. The Morgan fingerprint density at radius 2 is 1.97 bits per heavy atom. The second kappa shape index (κ2) is 11.3. The third kappa shape index (κ3) is 6.98. The van der Waals surface area contributed by atoms with Gasteiger partial charge in [-0.3, -0.25) is 9.78 Å². The first kappa shape index (κ1) is 22.6. The minimum absolute atomic E-state index is 0.0748. The summed E-state index contributed by atoms with van der Waals surface area (Å²) in [4.78, 5) is 15.2. The third-order valence-corrected chi connectivity index (χ3v) is 4.37. The van der Waals surface area contributed by atoms with Crippen LogP contribution in [0.3, 0.4) is 0 Å². The Hall–Kier alpha value is -2.73. The van der Waals surface area contributed by atoms with Crippen molar-refractivity contribution in [1.82, 2.24) is 14.8 Å². The second-order valence-electron chi connectivity index (χ2n) is 6.46. The fraction of sp³-hybridized carbons (Fsp3) is 0.318. The molecule has 0 radical (unpaired) electrons. The van der Waals surface area contributed by atoms with Gasteiger partial charge in [0.2, 0.25) is 0 Å². The predicted octanol–water partition coefficient (Wildman–Crippen LogP) is 5.85. The molecule has 0 fully saturated rings. The molecule has 2 aromatic heterocycles. The molecule has 0 spiro atoms. The SMILES string of the molecule is CCCC(OC(=O)CC)c1ccc(Cl)c(F)c1.Cc1cnn(-c2ccncc2)c1.